The van der Waals surface area contributed by atoms with Crippen LogP contribution in [-0.2, 0) is 25.3 Å². The highest BCUT2D eigenvalue weighted by molar-refractivity contribution is 6.39. The molecule has 0 bridgehead atoms. The molecule has 2 saturated heterocycles. The molecule has 2 aliphatic heterocycles. The number of fused-ring (bicyclic) bond motifs is 2. The number of benzene rings is 2. The third kappa shape index (κ3) is 6.67. The molecule has 0 saturated carbocycles. The Kier molecular flexibility index (Phi) is 10.2. The largest absolute Gasteiger partial charge is 0.481 e. The van der Waals surface area contributed by atoms with Crippen molar-refractivity contribution >= 4 is 51.8 Å². The third-order valence-corrected chi connectivity index (χ3v) is 12.0. The second-order valence-corrected chi connectivity index (χ2v) is 15.3. The number of likely N-dealkylation sites (tertiary alicyclic amines) is 1. The van der Waals surface area contributed by atoms with Gasteiger partial charge in [-0.25, -0.2) is 33.3 Å². The number of ether oxygens (including phenoxy) is 2. The molecule has 1 spiro atoms. The second kappa shape index (κ2) is 15.0. The number of aryl methyl sites for hydroxylation is 2. The van der Waals surface area contributed by atoms with E-state index in [1.54, 1.807) is 38.5 Å². The van der Waals surface area contributed by atoms with Crippen LogP contribution in [0.3, 0.4) is 0 Å². The topological polar surface area (TPSA) is 149 Å². The third-order valence-electron chi connectivity index (χ3n) is 11.2. The minimum atomic E-state index is -3.08. The summed E-state index contributed by atoms with van der Waals surface area (Å²) < 4.78 is 40.9. The van der Waals surface area contributed by atoms with Crippen LogP contribution in [0.1, 0.15) is 42.3 Å². The zero-order valence-corrected chi connectivity index (χ0v) is 33.0. The van der Waals surface area contributed by atoms with Crippen LogP contribution in [0.15, 0.2) is 52.1 Å². The van der Waals surface area contributed by atoms with Gasteiger partial charge in [0.25, 0.3) is 12.0 Å². The lowest BCUT2D eigenvalue weighted by Crippen LogP contribution is -2.46. The van der Waals surface area contributed by atoms with E-state index in [-0.39, 0.29) is 45.2 Å². The fourth-order valence-electron chi connectivity index (χ4n) is 8.37. The molecule has 5 heterocycles. The Bertz CT molecular complexity index is 2570. The Balaban J connectivity index is 1.11. The number of anilines is 2. The minimum Gasteiger partial charge on any atom is -0.481 e. The van der Waals surface area contributed by atoms with Crippen LogP contribution in [-0.4, -0.2) is 92.5 Å². The second-order valence-electron chi connectivity index (χ2n) is 14.6. The van der Waals surface area contributed by atoms with Gasteiger partial charge >= 0.3 is 11.7 Å². The normalized spacial score (nSPS) is 19.3. The van der Waals surface area contributed by atoms with E-state index in [0.29, 0.717) is 53.0 Å². The van der Waals surface area contributed by atoms with Gasteiger partial charge in [-0.3, -0.25) is 18.8 Å². The summed E-state index contributed by atoms with van der Waals surface area (Å²) in [4.78, 5) is 55.6. The molecule has 2 fully saturated rings. The summed E-state index contributed by atoms with van der Waals surface area (Å²) in [6, 6.07) is 12.6. The molecule has 5 aromatic rings. The Morgan fingerprint density at radius 2 is 1.72 bits per heavy atom. The molecule has 2 aromatic carbocycles. The van der Waals surface area contributed by atoms with Crippen LogP contribution in [0.5, 0.6) is 5.88 Å². The molecule has 2 atom stereocenters. The SMILES string of the molecule is COCCN1CC2(CCN(C3CCc4cc(-c5cccc(-c6cccc(Nc7nc(C(F)F)nc8c7c(=O)n(C)c(=O)n8C)c6Cl)c5Cl)nc(OC)c43)C2)NC1=O. The summed E-state index contributed by atoms with van der Waals surface area (Å²) >= 11 is 14.2. The highest BCUT2D eigenvalue weighted by atomic mass is 35.5. The number of hydrogen-bond donors (Lipinski definition) is 2. The van der Waals surface area contributed by atoms with Gasteiger partial charge < -0.3 is 25.0 Å². The van der Waals surface area contributed by atoms with Crippen molar-refractivity contribution in [2.45, 2.75) is 37.3 Å². The van der Waals surface area contributed by atoms with Crippen LogP contribution in [0.4, 0.5) is 25.1 Å². The summed E-state index contributed by atoms with van der Waals surface area (Å²) in [5.41, 5.74) is 2.68. The Morgan fingerprint density at radius 3 is 2.46 bits per heavy atom. The number of rotatable bonds is 10. The van der Waals surface area contributed by atoms with Crippen molar-refractivity contribution in [1.29, 1.82) is 0 Å². The molecule has 1 aliphatic carbocycles. The molecular weight excluding hydrogens is 783 g/mol. The van der Waals surface area contributed by atoms with Crippen molar-refractivity contribution in [3.8, 4) is 28.3 Å². The summed E-state index contributed by atoms with van der Waals surface area (Å²) in [5.74, 6) is -0.589. The van der Waals surface area contributed by atoms with Crippen molar-refractivity contribution in [3.63, 3.8) is 0 Å². The summed E-state index contributed by atoms with van der Waals surface area (Å²) in [6.45, 7) is 3.22. The summed E-state index contributed by atoms with van der Waals surface area (Å²) in [5, 5.41) is 6.58. The molecule has 2 unspecified atom stereocenters. The quantitative estimate of drug-likeness (QED) is 0.176. The van der Waals surface area contributed by atoms with Crippen LogP contribution in [0.2, 0.25) is 10.0 Å². The van der Waals surface area contributed by atoms with Crippen molar-refractivity contribution in [3.05, 3.63) is 90.3 Å². The van der Waals surface area contributed by atoms with Gasteiger partial charge in [-0.05, 0) is 37.0 Å². The monoisotopic (exact) mass is 821 g/mol. The van der Waals surface area contributed by atoms with E-state index in [2.05, 4.69) is 25.5 Å². The van der Waals surface area contributed by atoms with Crippen molar-refractivity contribution in [2.75, 3.05) is 52.3 Å². The number of pyridine rings is 1. The van der Waals surface area contributed by atoms with Gasteiger partial charge in [0.2, 0.25) is 5.88 Å². The fraction of sp³-hybridized carbons (Fsp3) is 0.385. The van der Waals surface area contributed by atoms with E-state index in [1.165, 1.54) is 14.1 Å². The van der Waals surface area contributed by atoms with Crippen LogP contribution in [0.25, 0.3) is 33.4 Å². The number of amides is 2. The molecule has 298 valence electrons. The molecule has 57 heavy (non-hydrogen) atoms. The highest BCUT2D eigenvalue weighted by Gasteiger charge is 2.49. The Hall–Kier alpha value is -5.16. The molecule has 2 N–H and O–H groups in total. The first-order valence-corrected chi connectivity index (χ1v) is 19.1. The lowest BCUT2D eigenvalue weighted by molar-refractivity contribution is 0.141. The summed E-state index contributed by atoms with van der Waals surface area (Å²) in [7, 11) is 5.85. The average Bonchev–Trinajstić information content (AvgIpc) is 3.91. The molecule has 18 heteroatoms. The highest BCUT2D eigenvalue weighted by Crippen LogP contribution is 2.47. The minimum absolute atomic E-state index is 0.0583. The fourth-order valence-corrected chi connectivity index (χ4v) is 8.97. The van der Waals surface area contributed by atoms with E-state index >= 15 is 0 Å². The number of methoxy groups -OCH3 is 2. The van der Waals surface area contributed by atoms with E-state index in [4.69, 9.17) is 37.7 Å². The van der Waals surface area contributed by atoms with E-state index in [0.717, 1.165) is 52.6 Å². The van der Waals surface area contributed by atoms with Gasteiger partial charge in [-0.15, -0.1) is 0 Å². The maximum absolute atomic E-state index is 13.9. The number of alkyl halides is 2. The smallest absolute Gasteiger partial charge is 0.332 e. The average molecular weight is 823 g/mol. The van der Waals surface area contributed by atoms with Gasteiger partial charge in [-0.2, -0.15) is 0 Å². The molecule has 14 nitrogen and oxygen atoms in total. The van der Waals surface area contributed by atoms with E-state index < -0.39 is 23.5 Å². The van der Waals surface area contributed by atoms with E-state index in [1.807, 2.05) is 23.1 Å². The number of hydrogen-bond acceptors (Lipinski definition) is 10. The molecule has 0 radical (unpaired) electrons. The van der Waals surface area contributed by atoms with Crippen LogP contribution in [0, 0.1) is 0 Å². The predicted molar refractivity (Wildman–Crippen MR) is 212 cm³/mol. The maximum Gasteiger partial charge on any atom is 0.332 e. The van der Waals surface area contributed by atoms with E-state index in [9.17, 15) is 23.2 Å². The standard InChI is InChI=1S/C39H39Cl2F2N9O5/c1-49-34-28(36(53)50(2)38(49)55)32(46-33(47-34)31(42)43)44-24-10-6-8-22(30(24)41)21-7-5-9-23(29(21)40)25-17-20-11-12-26(27(20)35(45-25)57-4)51-14-13-39(18-51)19-52(15-16-56-3)37(54)48-39/h5-10,17,26,31H,11-16,18-19H2,1-4H3,(H,48,54)(H,44,46,47). The molecule has 2 amide bonds. The van der Waals surface area contributed by atoms with Crippen molar-refractivity contribution in [1.82, 2.24) is 39.2 Å². The molecule has 3 aromatic heterocycles. The van der Waals surface area contributed by atoms with Gasteiger partial charge in [0.1, 0.15) is 11.2 Å². The summed E-state index contributed by atoms with van der Waals surface area (Å²) in [6.07, 6.45) is -0.558. The van der Waals surface area contributed by atoms with Crippen LogP contribution >= 0.6 is 23.2 Å². The number of halogens is 4. The van der Waals surface area contributed by atoms with Gasteiger partial charge in [0.05, 0.1) is 40.7 Å². The first kappa shape index (κ1) is 38.7. The lowest BCUT2D eigenvalue weighted by Gasteiger charge is -2.28. The number of carbonyl (C=O) groups excluding carboxylic acids is 1. The molecular formula is C39H39Cl2F2N9O5. The zero-order valence-electron chi connectivity index (χ0n) is 31.5. The van der Waals surface area contributed by atoms with Crippen molar-refractivity contribution in [2.24, 2.45) is 14.1 Å². The number of urea groups is 1. The number of nitrogens with zero attached hydrogens (tertiary/aromatic N) is 7. The zero-order chi connectivity index (χ0) is 40.3. The Morgan fingerprint density at radius 1 is 0.982 bits per heavy atom. The number of aromatic nitrogens is 5. The Labute approximate surface area is 335 Å². The van der Waals surface area contributed by atoms with Gasteiger partial charge in [0.15, 0.2) is 11.5 Å². The number of carbonyl (C=O) groups is 1. The van der Waals surface area contributed by atoms with Crippen LogP contribution < -0.4 is 26.6 Å². The number of nitrogens with one attached hydrogen (secondary N) is 2. The molecule has 8 rings (SSSR count). The van der Waals surface area contributed by atoms with Gasteiger partial charge in [0, 0.05) is 75.7 Å². The molecule has 3 aliphatic rings. The van der Waals surface area contributed by atoms with Crippen molar-refractivity contribution < 1.29 is 23.0 Å². The lowest BCUT2D eigenvalue weighted by atomic mass is 9.99. The first-order chi connectivity index (χ1) is 27.3. The maximum atomic E-state index is 13.9. The first-order valence-electron chi connectivity index (χ1n) is 18.3. The predicted octanol–water partition coefficient (Wildman–Crippen LogP) is 5.86. The van der Waals surface area contributed by atoms with Gasteiger partial charge in [-0.1, -0.05) is 53.5 Å².